The Morgan fingerprint density at radius 2 is 1.75 bits per heavy atom. The summed E-state index contributed by atoms with van der Waals surface area (Å²) in [4.78, 5) is 36.1. The van der Waals surface area contributed by atoms with Crippen LogP contribution in [-0.2, 0) is 9.53 Å². The summed E-state index contributed by atoms with van der Waals surface area (Å²) in [5.41, 5.74) is 0.908. The summed E-state index contributed by atoms with van der Waals surface area (Å²) in [6.07, 6.45) is 2.28. The highest BCUT2D eigenvalue weighted by Gasteiger charge is 2.34. The van der Waals surface area contributed by atoms with Crippen molar-refractivity contribution in [3.05, 3.63) is 48.0 Å². The molecule has 2 rings (SSSR count). The van der Waals surface area contributed by atoms with Crippen molar-refractivity contribution < 1.29 is 19.1 Å². The summed E-state index contributed by atoms with van der Waals surface area (Å²) in [6, 6.07) is 6.79. The molecular weight excluding hydrogens is 258 g/mol. The van der Waals surface area contributed by atoms with E-state index in [1.165, 1.54) is 4.90 Å². The van der Waals surface area contributed by atoms with Crippen LogP contribution in [0.15, 0.2) is 36.9 Å². The summed E-state index contributed by atoms with van der Waals surface area (Å²) in [5.74, 6) is -0.979. The number of hydrogen-bond donors (Lipinski definition) is 0. The van der Waals surface area contributed by atoms with Crippen LogP contribution >= 0.6 is 0 Å². The number of amides is 2. The second-order valence-electron chi connectivity index (χ2n) is 4.39. The first-order valence-electron chi connectivity index (χ1n) is 6.39. The molecule has 2 amide bonds. The number of carbonyl (C=O) groups is 3. The zero-order valence-electron chi connectivity index (χ0n) is 11.0. The topological polar surface area (TPSA) is 63.7 Å². The molecule has 5 heteroatoms. The van der Waals surface area contributed by atoms with Gasteiger partial charge in [0, 0.05) is 12.6 Å². The number of unbranched alkanes of at least 4 members (excludes halogenated alkanes) is 1. The summed E-state index contributed by atoms with van der Waals surface area (Å²) in [6.45, 7) is 3.88. The number of esters is 1. The second kappa shape index (κ2) is 6.14. The lowest BCUT2D eigenvalue weighted by atomic mass is 10.1. The van der Waals surface area contributed by atoms with Crippen LogP contribution in [-0.4, -0.2) is 35.8 Å². The van der Waals surface area contributed by atoms with Crippen LogP contribution in [0.4, 0.5) is 0 Å². The van der Waals surface area contributed by atoms with Crippen LogP contribution in [0, 0.1) is 0 Å². The first-order valence-corrected chi connectivity index (χ1v) is 6.39. The lowest BCUT2D eigenvalue weighted by Gasteiger charge is -2.13. The third-order valence-electron chi connectivity index (χ3n) is 3.07. The van der Waals surface area contributed by atoms with Crippen molar-refractivity contribution in [3.8, 4) is 0 Å². The van der Waals surface area contributed by atoms with Gasteiger partial charge in [-0.1, -0.05) is 18.7 Å². The maximum Gasteiger partial charge on any atom is 0.330 e. The maximum absolute atomic E-state index is 12.0. The normalized spacial score (nSPS) is 13.3. The third-order valence-corrected chi connectivity index (χ3v) is 3.07. The largest absolute Gasteiger partial charge is 0.463 e. The standard InChI is InChI=1S/C15H15NO4/c1-2-13(17)20-10-6-5-9-16-14(18)11-7-3-4-8-12(11)15(16)19/h2-4,7-8H,1,5-6,9-10H2. The van der Waals surface area contributed by atoms with Gasteiger partial charge in [-0.3, -0.25) is 14.5 Å². The minimum atomic E-state index is -0.467. The van der Waals surface area contributed by atoms with E-state index in [9.17, 15) is 14.4 Å². The van der Waals surface area contributed by atoms with Gasteiger partial charge in [-0.2, -0.15) is 0 Å². The summed E-state index contributed by atoms with van der Waals surface area (Å²) < 4.78 is 4.83. The van der Waals surface area contributed by atoms with Crippen LogP contribution in [0.2, 0.25) is 0 Å². The van der Waals surface area contributed by atoms with Gasteiger partial charge in [0.2, 0.25) is 0 Å². The molecule has 104 valence electrons. The number of benzene rings is 1. The van der Waals surface area contributed by atoms with E-state index in [0.29, 0.717) is 30.5 Å². The fourth-order valence-electron chi connectivity index (χ4n) is 2.05. The van der Waals surface area contributed by atoms with Gasteiger partial charge in [0.15, 0.2) is 0 Å². The lowest BCUT2D eigenvalue weighted by molar-refractivity contribution is -0.137. The Morgan fingerprint density at radius 1 is 1.15 bits per heavy atom. The Kier molecular flexibility index (Phi) is 4.30. The van der Waals surface area contributed by atoms with Crippen LogP contribution in [0.25, 0.3) is 0 Å². The van der Waals surface area contributed by atoms with Gasteiger partial charge >= 0.3 is 5.97 Å². The van der Waals surface area contributed by atoms with Crippen molar-refractivity contribution >= 4 is 17.8 Å². The van der Waals surface area contributed by atoms with E-state index in [2.05, 4.69) is 6.58 Å². The summed E-state index contributed by atoms with van der Waals surface area (Å²) in [5, 5.41) is 0. The molecular formula is C15H15NO4. The molecule has 0 N–H and O–H groups in total. The number of ether oxygens (including phenoxy) is 1. The number of carbonyl (C=O) groups excluding carboxylic acids is 3. The molecule has 1 aromatic rings. The molecule has 0 atom stereocenters. The monoisotopic (exact) mass is 273 g/mol. The van der Waals surface area contributed by atoms with Crippen molar-refractivity contribution in [2.75, 3.05) is 13.2 Å². The highest BCUT2D eigenvalue weighted by Crippen LogP contribution is 2.22. The Labute approximate surface area is 116 Å². The van der Waals surface area contributed by atoms with E-state index >= 15 is 0 Å². The van der Waals surface area contributed by atoms with Crippen LogP contribution < -0.4 is 0 Å². The molecule has 1 aromatic carbocycles. The van der Waals surface area contributed by atoms with E-state index in [1.807, 2.05) is 0 Å². The van der Waals surface area contributed by atoms with Crippen molar-refractivity contribution in [1.29, 1.82) is 0 Å². The van der Waals surface area contributed by atoms with E-state index in [0.717, 1.165) is 6.08 Å². The second-order valence-corrected chi connectivity index (χ2v) is 4.39. The van der Waals surface area contributed by atoms with E-state index in [4.69, 9.17) is 4.74 Å². The van der Waals surface area contributed by atoms with E-state index < -0.39 is 5.97 Å². The van der Waals surface area contributed by atoms with Gasteiger partial charge in [0.25, 0.3) is 11.8 Å². The average Bonchev–Trinajstić information content (AvgIpc) is 2.71. The number of fused-ring (bicyclic) bond motifs is 1. The van der Waals surface area contributed by atoms with Crippen LogP contribution in [0.5, 0.6) is 0 Å². The van der Waals surface area contributed by atoms with E-state index in [-0.39, 0.29) is 18.4 Å². The zero-order chi connectivity index (χ0) is 14.5. The molecule has 0 unspecified atom stereocenters. The Hall–Kier alpha value is -2.43. The first kappa shape index (κ1) is 14.0. The summed E-state index contributed by atoms with van der Waals surface area (Å²) in [7, 11) is 0. The molecule has 0 aromatic heterocycles. The van der Waals surface area contributed by atoms with Crippen molar-refractivity contribution in [1.82, 2.24) is 4.90 Å². The predicted molar refractivity (Wildman–Crippen MR) is 72.2 cm³/mol. The molecule has 1 aliphatic rings. The maximum atomic E-state index is 12.0. The molecule has 0 spiro atoms. The number of nitrogens with zero attached hydrogens (tertiary/aromatic N) is 1. The lowest BCUT2D eigenvalue weighted by Crippen LogP contribution is -2.30. The average molecular weight is 273 g/mol. The smallest absolute Gasteiger partial charge is 0.330 e. The quantitative estimate of drug-likeness (QED) is 0.343. The first-order chi connectivity index (χ1) is 9.65. The number of hydrogen-bond acceptors (Lipinski definition) is 4. The van der Waals surface area contributed by atoms with Gasteiger partial charge in [0.1, 0.15) is 0 Å². The van der Waals surface area contributed by atoms with Gasteiger partial charge in [0.05, 0.1) is 17.7 Å². The molecule has 0 saturated carbocycles. The minimum absolute atomic E-state index is 0.256. The Bertz CT molecular complexity index is 530. The molecule has 0 fully saturated rings. The molecule has 5 nitrogen and oxygen atoms in total. The van der Waals surface area contributed by atoms with Gasteiger partial charge in [-0.25, -0.2) is 4.79 Å². The van der Waals surface area contributed by atoms with Crippen molar-refractivity contribution in [2.45, 2.75) is 12.8 Å². The van der Waals surface area contributed by atoms with E-state index in [1.54, 1.807) is 24.3 Å². The summed E-state index contributed by atoms with van der Waals surface area (Å²) >= 11 is 0. The van der Waals surface area contributed by atoms with Gasteiger partial charge < -0.3 is 4.74 Å². The molecule has 1 heterocycles. The predicted octanol–water partition coefficient (Wildman–Crippen LogP) is 1.79. The zero-order valence-corrected chi connectivity index (χ0v) is 11.0. The van der Waals surface area contributed by atoms with Gasteiger partial charge in [-0.05, 0) is 25.0 Å². The fraction of sp³-hybridized carbons (Fsp3) is 0.267. The van der Waals surface area contributed by atoms with Gasteiger partial charge in [-0.15, -0.1) is 0 Å². The molecule has 0 radical (unpaired) electrons. The number of rotatable bonds is 6. The fourth-order valence-corrected chi connectivity index (χ4v) is 2.05. The number of imide groups is 1. The highest BCUT2D eigenvalue weighted by atomic mass is 16.5. The highest BCUT2D eigenvalue weighted by molar-refractivity contribution is 6.21. The molecule has 20 heavy (non-hydrogen) atoms. The molecule has 0 aliphatic carbocycles. The van der Waals surface area contributed by atoms with Crippen molar-refractivity contribution in [2.24, 2.45) is 0 Å². The Balaban J connectivity index is 1.84. The molecule has 0 bridgehead atoms. The van der Waals surface area contributed by atoms with Crippen molar-refractivity contribution in [3.63, 3.8) is 0 Å². The van der Waals surface area contributed by atoms with Crippen LogP contribution in [0.1, 0.15) is 33.6 Å². The Morgan fingerprint density at radius 3 is 2.30 bits per heavy atom. The molecule has 1 aliphatic heterocycles. The third kappa shape index (κ3) is 2.77. The SMILES string of the molecule is C=CC(=O)OCCCCN1C(=O)c2ccccc2C1=O. The van der Waals surface area contributed by atoms with Crippen LogP contribution in [0.3, 0.4) is 0 Å². The molecule has 0 saturated heterocycles. The minimum Gasteiger partial charge on any atom is -0.463 e.